The first-order valence-electron chi connectivity index (χ1n) is 6.14. The Kier molecular flexibility index (Phi) is 4.68. The van der Waals surface area contributed by atoms with Gasteiger partial charge in [-0.05, 0) is 42.0 Å². The molecule has 0 fully saturated rings. The van der Waals surface area contributed by atoms with E-state index in [0.29, 0.717) is 18.0 Å². The zero-order valence-corrected chi connectivity index (χ0v) is 10.8. The molecule has 1 amide bonds. The van der Waals surface area contributed by atoms with Gasteiger partial charge in [0.25, 0.3) is 5.91 Å². The molecule has 3 N–H and O–H groups in total. The fourth-order valence-corrected chi connectivity index (χ4v) is 1.65. The number of hydrogen-bond donors (Lipinski definition) is 2. The second kappa shape index (κ2) is 6.68. The van der Waals surface area contributed by atoms with E-state index in [9.17, 15) is 9.18 Å². The summed E-state index contributed by atoms with van der Waals surface area (Å²) in [5, 5.41) is 2.70. The Labute approximate surface area is 116 Å². The summed E-state index contributed by atoms with van der Waals surface area (Å²) < 4.78 is 17.9. The first kappa shape index (κ1) is 14.0. The summed E-state index contributed by atoms with van der Waals surface area (Å²) in [5.74, 6) is -0.193. The van der Waals surface area contributed by atoms with E-state index >= 15 is 0 Å². The third kappa shape index (κ3) is 4.07. The molecular weight excluding hydrogens is 259 g/mol. The summed E-state index contributed by atoms with van der Waals surface area (Å²) in [6.07, 6.45) is 0. The predicted octanol–water partition coefficient (Wildman–Crippen LogP) is 2.30. The molecule has 2 rings (SSSR count). The highest BCUT2D eigenvalue weighted by Crippen LogP contribution is 2.12. The van der Waals surface area contributed by atoms with E-state index in [1.165, 1.54) is 24.3 Å². The molecule has 2 aromatic rings. The molecule has 0 aliphatic heterocycles. The van der Waals surface area contributed by atoms with Crippen LogP contribution in [-0.4, -0.2) is 12.5 Å². The highest BCUT2D eigenvalue weighted by Gasteiger charge is 2.04. The molecule has 20 heavy (non-hydrogen) atoms. The molecule has 0 heterocycles. The standard InChI is InChI=1S/C15H15FN2O2/c16-12-4-6-14(7-5-12)20-10-15(19)18-13-3-1-2-11(8-13)9-17/h1-8H,9-10,17H2,(H,18,19). The Balaban J connectivity index is 1.87. The second-order valence-electron chi connectivity index (χ2n) is 4.20. The molecule has 0 saturated heterocycles. The van der Waals surface area contributed by atoms with Crippen molar-refractivity contribution in [3.8, 4) is 5.75 Å². The molecule has 104 valence electrons. The minimum atomic E-state index is -0.347. The van der Waals surface area contributed by atoms with Gasteiger partial charge in [0.2, 0.25) is 0 Å². The van der Waals surface area contributed by atoms with E-state index in [2.05, 4.69) is 5.32 Å². The van der Waals surface area contributed by atoms with Crippen LogP contribution < -0.4 is 15.8 Å². The quantitative estimate of drug-likeness (QED) is 0.879. The maximum absolute atomic E-state index is 12.7. The van der Waals surface area contributed by atoms with Crippen LogP contribution in [0, 0.1) is 5.82 Å². The van der Waals surface area contributed by atoms with Gasteiger partial charge in [-0.15, -0.1) is 0 Å². The third-order valence-electron chi connectivity index (χ3n) is 2.63. The summed E-state index contributed by atoms with van der Waals surface area (Å²) in [6, 6.07) is 12.8. The molecule has 0 radical (unpaired) electrons. The van der Waals surface area contributed by atoms with Crippen molar-refractivity contribution in [2.75, 3.05) is 11.9 Å². The molecule has 5 heteroatoms. The van der Waals surface area contributed by atoms with Crippen LogP contribution >= 0.6 is 0 Å². The molecule has 0 unspecified atom stereocenters. The van der Waals surface area contributed by atoms with Crippen LogP contribution in [0.25, 0.3) is 0 Å². The van der Waals surface area contributed by atoms with E-state index in [1.54, 1.807) is 12.1 Å². The van der Waals surface area contributed by atoms with Crippen molar-refractivity contribution in [3.63, 3.8) is 0 Å². The molecule has 4 nitrogen and oxygen atoms in total. The van der Waals surface area contributed by atoms with Gasteiger partial charge < -0.3 is 15.8 Å². The summed E-state index contributed by atoms with van der Waals surface area (Å²) in [5.41, 5.74) is 7.13. The van der Waals surface area contributed by atoms with Gasteiger partial charge in [-0.2, -0.15) is 0 Å². The average molecular weight is 274 g/mol. The fourth-order valence-electron chi connectivity index (χ4n) is 1.65. The Hall–Kier alpha value is -2.40. The number of halogens is 1. The number of anilines is 1. The van der Waals surface area contributed by atoms with Crippen molar-refractivity contribution in [2.45, 2.75) is 6.54 Å². The van der Waals surface area contributed by atoms with Crippen LogP contribution in [0.1, 0.15) is 5.56 Å². The van der Waals surface area contributed by atoms with E-state index in [4.69, 9.17) is 10.5 Å². The molecule has 0 atom stereocenters. The molecule has 0 bridgehead atoms. The number of hydrogen-bond acceptors (Lipinski definition) is 3. The first-order valence-corrected chi connectivity index (χ1v) is 6.14. The van der Waals surface area contributed by atoms with Gasteiger partial charge in [-0.1, -0.05) is 12.1 Å². The molecule has 0 aliphatic carbocycles. The third-order valence-corrected chi connectivity index (χ3v) is 2.63. The van der Waals surface area contributed by atoms with Gasteiger partial charge in [0.15, 0.2) is 6.61 Å². The van der Waals surface area contributed by atoms with Gasteiger partial charge in [-0.25, -0.2) is 4.39 Å². The molecule has 2 aromatic carbocycles. The second-order valence-corrected chi connectivity index (χ2v) is 4.20. The lowest BCUT2D eigenvalue weighted by Gasteiger charge is -2.08. The van der Waals surface area contributed by atoms with Gasteiger partial charge >= 0.3 is 0 Å². The van der Waals surface area contributed by atoms with Crippen molar-refractivity contribution in [1.82, 2.24) is 0 Å². The number of nitrogens with two attached hydrogens (primary N) is 1. The van der Waals surface area contributed by atoms with Crippen LogP contribution in [0.2, 0.25) is 0 Å². The highest BCUT2D eigenvalue weighted by molar-refractivity contribution is 5.91. The fraction of sp³-hybridized carbons (Fsp3) is 0.133. The normalized spacial score (nSPS) is 10.1. The monoisotopic (exact) mass is 274 g/mol. The zero-order valence-electron chi connectivity index (χ0n) is 10.8. The zero-order chi connectivity index (χ0) is 14.4. The molecule has 0 aromatic heterocycles. The molecular formula is C15H15FN2O2. The number of benzene rings is 2. The van der Waals surface area contributed by atoms with Crippen LogP contribution in [0.15, 0.2) is 48.5 Å². The van der Waals surface area contributed by atoms with Gasteiger partial charge in [-0.3, -0.25) is 4.79 Å². The van der Waals surface area contributed by atoms with Crippen LogP contribution in [0.5, 0.6) is 5.75 Å². The topological polar surface area (TPSA) is 64.3 Å². The number of rotatable bonds is 5. The lowest BCUT2D eigenvalue weighted by molar-refractivity contribution is -0.118. The lowest BCUT2D eigenvalue weighted by atomic mass is 10.2. The SMILES string of the molecule is NCc1cccc(NC(=O)COc2ccc(F)cc2)c1. The van der Waals surface area contributed by atoms with Gasteiger partial charge in [0, 0.05) is 12.2 Å². The van der Waals surface area contributed by atoms with Crippen molar-refractivity contribution < 1.29 is 13.9 Å². The number of nitrogens with one attached hydrogen (secondary N) is 1. The lowest BCUT2D eigenvalue weighted by Crippen LogP contribution is -2.20. The molecule has 0 aliphatic rings. The summed E-state index contributed by atoms with van der Waals surface area (Å²) in [6.45, 7) is 0.272. The Morgan fingerprint density at radius 2 is 1.95 bits per heavy atom. The number of carbonyl (C=O) groups is 1. The van der Waals surface area contributed by atoms with Crippen molar-refractivity contribution in [1.29, 1.82) is 0 Å². The summed E-state index contributed by atoms with van der Waals surface area (Å²) in [7, 11) is 0. The van der Waals surface area contributed by atoms with Crippen molar-refractivity contribution >= 4 is 11.6 Å². The van der Waals surface area contributed by atoms with E-state index in [0.717, 1.165) is 5.56 Å². The van der Waals surface area contributed by atoms with Crippen LogP contribution in [0.4, 0.5) is 10.1 Å². The Morgan fingerprint density at radius 3 is 2.65 bits per heavy atom. The van der Waals surface area contributed by atoms with Crippen molar-refractivity contribution in [3.05, 3.63) is 59.9 Å². The summed E-state index contributed by atoms with van der Waals surface area (Å²) >= 11 is 0. The van der Waals surface area contributed by atoms with E-state index < -0.39 is 0 Å². The molecule has 0 saturated carbocycles. The maximum Gasteiger partial charge on any atom is 0.262 e. The molecule has 0 spiro atoms. The average Bonchev–Trinajstić information content (AvgIpc) is 2.47. The van der Waals surface area contributed by atoms with E-state index in [1.807, 2.05) is 12.1 Å². The summed E-state index contributed by atoms with van der Waals surface area (Å²) in [4.78, 5) is 11.7. The van der Waals surface area contributed by atoms with Crippen molar-refractivity contribution in [2.24, 2.45) is 5.73 Å². The smallest absolute Gasteiger partial charge is 0.262 e. The van der Waals surface area contributed by atoms with Crippen LogP contribution in [0.3, 0.4) is 0 Å². The van der Waals surface area contributed by atoms with E-state index in [-0.39, 0.29) is 18.3 Å². The van der Waals surface area contributed by atoms with Gasteiger partial charge in [0.1, 0.15) is 11.6 Å². The highest BCUT2D eigenvalue weighted by atomic mass is 19.1. The Morgan fingerprint density at radius 1 is 1.20 bits per heavy atom. The largest absolute Gasteiger partial charge is 0.484 e. The number of ether oxygens (including phenoxy) is 1. The number of amides is 1. The van der Waals surface area contributed by atoms with Crippen LogP contribution in [-0.2, 0) is 11.3 Å². The first-order chi connectivity index (χ1) is 9.67. The Bertz CT molecular complexity index is 585. The predicted molar refractivity (Wildman–Crippen MR) is 74.9 cm³/mol. The number of carbonyl (C=O) groups excluding carboxylic acids is 1. The minimum Gasteiger partial charge on any atom is -0.484 e. The van der Waals surface area contributed by atoms with Gasteiger partial charge in [0.05, 0.1) is 0 Å². The minimum absolute atomic E-state index is 0.140. The maximum atomic E-state index is 12.7.